The molecule has 3 aromatic heterocycles. The van der Waals surface area contributed by atoms with E-state index in [-0.39, 0.29) is 5.82 Å². The lowest BCUT2D eigenvalue weighted by atomic mass is 10.1. The smallest absolute Gasteiger partial charge is 0.410 e. The third kappa shape index (κ3) is 4.46. The van der Waals surface area contributed by atoms with Gasteiger partial charge in [-0.15, -0.1) is 0 Å². The lowest BCUT2D eigenvalue weighted by Crippen LogP contribution is -2.50. The van der Waals surface area contributed by atoms with Crippen molar-refractivity contribution in [3.8, 4) is 16.8 Å². The fourth-order valence-corrected chi connectivity index (χ4v) is 4.29. The molecule has 8 nitrogen and oxygen atoms in total. The molecule has 4 aromatic rings. The molecule has 5 rings (SSSR count). The Morgan fingerprint density at radius 3 is 2.53 bits per heavy atom. The number of rotatable bonds is 5. The highest BCUT2D eigenvalue weighted by atomic mass is 19.1. The van der Waals surface area contributed by atoms with Crippen LogP contribution >= 0.6 is 0 Å². The molecule has 1 aliphatic rings. The number of hydrogen-bond acceptors (Lipinski definition) is 6. The zero-order chi connectivity index (χ0) is 25.3. The summed E-state index contributed by atoms with van der Waals surface area (Å²) in [7, 11) is 0. The molecular formula is C26H26F2N6O2. The Hall–Kier alpha value is -4.08. The Morgan fingerprint density at radius 1 is 1.06 bits per heavy atom. The van der Waals surface area contributed by atoms with Crippen LogP contribution in [-0.4, -0.2) is 69.0 Å². The standard InChI is InChI=1S/C26H26F2N6O2/c1-26(2,16-27)36-25(35)33-12-10-32(11-13-33)23-22-20(19-7-3-4-8-21(19)28)15-34(24(22)31-17-30-23)18-6-5-9-29-14-18/h3-9,14-15,17H,10-13,16H2,1-2H3. The van der Waals surface area contributed by atoms with Crippen molar-refractivity contribution in [2.24, 2.45) is 0 Å². The average molecular weight is 493 g/mol. The minimum atomic E-state index is -1.17. The third-order valence-corrected chi connectivity index (χ3v) is 6.17. The molecule has 0 saturated carbocycles. The second-order valence-electron chi connectivity index (χ2n) is 9.24. The summed E-state index contributed by atoms with van der Waals surface area (Å²) < 4.78 is 35.2. The first kappa shape index (κ1) is 23.7. The highest BCUT2D eigenvalue weighted by Gasteiger charge is 2.30. The van der Waals surface area contributed by atoms with Crippen molar-refractivity contribution in [1.29, 1.82) is 0 Å². The minimum Gasteiger partial charge on any atom is -0.441 e. The number of piperazine rings is 1. The molecule has 1 saturated heterocycles. The van der Waals surface area contributed by atoms with Crippen LogP contribution in [0.15, 0.2) is 61.3 Å². The number of alkyl halides is 1. The monoisotopic (exact) mass is 492 g/mol. The summed E-state index contributed by atoms with van der Waals surface area (Å²) in [5.74, 6) is 0.304. The summed E-state index contributed by atoms with van der Waals surface area (Å²) in [6.07, 6.45) is 6.20. The van der Waals surface area contributed by atoms with Gasteiger partial charge in [-0.25, -0.2) is 23.5 Å². The van der Waals surface area contributed by atoms with Crippen molar-refractivity contribution in [3.05, 3.63) is 67.1 Å². The highest BCUT2D eigenvalue weighted by Crippen LogP contribution is 2.38. The maximum Gasteiger partial charge on any atom is 0.410 e. The number of benzene rings is 1. The van der Waals surface area contributed by atoms with Crippen LogP contribution in [-0.2, 0) is 4.74 Å². The maximum atomic E-state index is 14.9. The second kappa shape index (κ2) is 9.52. The predicted octanol–water partition coefficient (Wildman–Crippen LogP) is 4.63. The quantitative estimate of drug-likeness (QED) is 0.404. The minimum absolute atomic E-state index is 0.347. The van der Waals surface area contributed by atoms with E-state index in [2.05, 4.69) is 15.0 Å². The van der Waals surface area contributed by atoms with Gasteiger partial charge in [0.05, 0.1) is 17.3 Å². The molecule has 1 amide bonds. The van der Waals surface area contributed by atoms with Gasteiger partial charge in [0.15, 0.2) is 5.65 Å². The zero-order valence-corrected chi connectivity index (χ0v) is 20.1. The summed E-state index contributed by atoms with van der Waals surface area (Å²) in [6, 6.07) is 10.3. The lowest BCUT2D eigenvalue weighted by Gasteiger charge is -2.36. The van der Waals surface area contributed by atoms with Crippen LogP contribution in [0, 0.1) is 5.82 Å². The number of amides is 1. The molecule has 36 heavy (non-hydrogen) atoms. The number of fused-ring (bicyclic) bond motifs is 1. The van der Waals surface area contributed by atoms with Gasteiger partial charge >= 0.3 is 6.09 Å². The van der Waals surface area contributed by atoms with E-state index in [4.69, 9.17) is 4.74 Å². The Labute approximate surface area is 207 Å². The summed E-state index contributed by atoms with van der Waals surface area (Å²) in [5, 5.41) is 0.709. The van der Waals surface area contributed by atoms with Crippen LogP contribution in [0.3, 0.4) is 0 Å². The summed E-state index contributed by atoms with van der Waals surface area (Å²) in [6.45, 7) is 4.03. The molecule has 0 unspecified atom stereocenters. The van der Waals surface area contributed by atoms with E-state index in [1.807, 2.05) is 27.8 Å². The number of hydrogen-bond donors (Lipinski definition) is 0. The molecule has 1 fully saturated rings. The molecule has 0 aliphatic carbocycles. The van der Waals surface area contributed by atoms with Gasteiger partial charge in [0.1, 0.15) is 30.2 Å². The third-order valence-electron chi connectivity index (χ3n) is 6.17. The SMILES string of the molecule is CC(C)(CF)OC(=O)N1CCN(c2ncnc3c2c(-c2ccccc2F)cn3-c2cccnc2)CC1. The normalized spacial score (nSPS) is 14.3. The van der Waals surface area contributed by atoms with Gasteiger partial charge in [0.2, 0.25) is 0 Å². The van der Waals surface area contributed by atoms with Crippen molar-refractivity contribution in [2.45, 2.75) is 19.4 Å². The Balaban J connectivity index is 1.53. The van der Waals surface area contributed by atoms with Gasteiger partial charge in [-0.1, -0.05) is 18.2 Å². The topological polar surface area (TPSA) is 76.4 Å². The van der Waals surface area contributed by atoms with E-state index < -0.39 is 18.4 Å². The van der Waals surface area contributed by atoms with Crippen molar-refractivity contribution in [1.82, 2.24) is 24.4 Å². The number of pyridine rings is 1. The second-order valence-corrected chi connectivity index (χ2v) is 9.24. The van der Waals surface area contributed by atoms with Crippen molar-refractivity contribution in [3.63, 3.8) is 0 Å². The van der Waals surface area contributed by atoms with Crippen molar-refractivity contribution < 1.29 is 18.3 Å². The predicted molar refractivity (Wildman–Crippen MR) is 132 cm³/mol. The van der Waals surface area contributed by atoms with E-state index in [1.54, 1.807) is 35.5 Å². The molecule has 0 radical (unpaired) electrons. The molecule has 0 atom stereocenters. The van der Waals surface area contributed by atoms with Crippen LogP contribution < -0.4 is 4.90 Å². The summed E-state index contributed by atoms with van der Waals surface area (Å²) in [4.78, 5) is 29.4. The first-order valence-corrected chi connectivity index (χ1v) is 11.7. The lowest BCUT2D eigenvalue weighted by molar-refractivity contribution is -0.00165. The number of carbonyl (C=O) groups is 1. The zero-order valence-electron chi connectivity index (χ0n) is 20.1. The molecule has 10 heteroatoms. The molecule has 1 aromatic carbocycles. The van der Waals surface area contributed by atoms with E-state index in [0.717, 1.165) is 5.69 Å². The number of carbonyl (C=O) groups excluding carboxylic acids is 1. The molecule has 186 valence electrons. The number of anilines is 1. The molecule has 0 bridgehead atoms. The van der Waals surface area contributed by atoms with Gasteiger partial charge in [-0.05, 0) is 32.0 Å². The molecule has 0 spiro atoms. The van der Waals surface area contributed by atoms with Gasteiger partial charge in [-0.2, -0.15) is 0 Å². The molecule has 4 heterocycles. The fraction of sp³-hybridized carbons (Fsp3) is 0.308. The van der Waals surface area contributed by atoms with E-state index >= 15 is 0 Å². The number of halogens is 2. The van der Waals surface area contributed by atoms with Crippen LogP contribution in [0.2, 0.25) is 0 Å². The van der Waals surface area contributed by atoms with Gasteiger partial charge < -0.3 is 14.5 Å². The van der Waals surface area contributed by atoms with E-state index in [0.29, 0.717) is 54.2 Å². The largest absolute Gasteiger partial charge is 0.441 e. The van der Waals surface area contributed by atoms with Gasteiger partial charge in [-0.3, -0.25) is 9.55 Å². The Morgan fingerprint density at radius 2 is 1.83 bits per heavy atom. The fourth-order valence-electron chi connectivity index (χ4n) is 4.29. The Kier molecular flexibility index (Phi) is 6.26. The van der Waals surface area contributed by atoms with Crippen molar-refractivity contribution >= 4 is 22.9 Å². The molecule has 1 aliphatic heterocycles. The van der Waals surface area contributed by atoms with Gasteiger partial charge in [0.25, 0.3) is 0 Å². The first-order chi connectivity index (χ1) is 17.4. The summed E-state index contributed by atoms with van der Waals surface area (Å²) >= 11 is 0. The number of ether oxygens (including phenoxy) is 1. The van der Waals surface area contributed by atoms with Crippen LogP contribution in [0.1, 0.15) is 13.8 Å². The van der Waals surface area contributed by atoms with Gasteiger partial charge in [0, 0.05) is 49.7 Å². The molecule has 0 N–H and O–H groups in total. The maximum absolute atomic E-state index is 14.9. The van der Waals surface area contributed by atoms with Crippen molar-refractivity contribution in [2.75, 3.05) is 37.8 Å². The van der Waals surface area contributed by atoms with Crippen LogP contribution in [0.5, 0.6) is 0 Å². The average Bonchev–Trinajstić information content (AvgIpc) is 3.29. The van der Waals surface area contributed by atoms with Crippen LogP contribution in [0.25, 0.3) is 27.8 Å². The van der Waals surface area contributed by atoms with E-state index in [9.17, 15) is 13.6 Å². The highest BCUT2D eigenvalue weighted by molar-refractivity contribution is 6.02. The summed E-state index contributed by atoms with van der Waals surface area (Å²) in [5.41, 5.74) is 1.35. The first-order valence-electron chi connectivity index (χ1n) is 11.7. The van der Waals surface area contributed by atoms with Crippen LogP contribution in [0.4, 0.5) is 19.4 Å². The Bertz CT molecular complexity index is 1380. The number of aromatic nitrogens is 4. The number of nitrogens with zero attached hydrogens (tertiary/aromatic N) is 6. The van der Waals surface area contributed by atoms with E-state index in [1.165, 1.54) is 26.2 Å². The molecular weight excluding hydrogens is 466 g/mol.